The summed E-state index contributed by atoms with van der Waals surface area (Å²) in [6.07, 6.45) is 4.22. The van der Waals surface area contributed by atoms with E-state index < -0.39 is 0 Å². The molecule has 0 radical (unpaired) electrons. The van der Waals surface area contributed by atoms with Crippen molar-refractivity contribution in [1.82, 2.24) is 9.88 Å². The number of nitrogens with one attached hydrogen (secondary N) is 1. The second-order valence-electron chi connectivity index (χ2n) is 6.74. The third-order valence-electron chi connectivity index (χ3n) is 5.29. The molecule has 1 N–H and O–H groups in total. The summed E-state index contributed by atoms with van der Waals surface area (Å²) >= 11 is 0. The van der Waals surface area contributed by atoms with Crippen molar-refractivity contribution in [2.45, 2.75) is 25.3 Å². The minimum Gasteiger partial charge on any atom is -0.497 e. The predicted molar refractivity (Wildman–Crippen MR) is 99.0 cm³/mol. The maximum atomic E-state index is 12.8. The lowest BCUT2D eigenvalue weighted by atomic mass is 10.1. The molecule has 0 atom stereocenters. The molecule has 0 spiro atoms. The monoisotopic (exact) mass is 334 g/mol. The van der Waals surface area contributed by atoms with Crippen LogP contribution >= 0.6 is 0 Å². The number of ether oxygens (including phenoxy) is 1. The number of methoxy groups -OCH3 is 1. The van der Waals surface area contributed by atoms with E-state index in [1.54, 1.807) is 7.11 Å². The van der Waals surface area contributed by atoms with Crippen LogP contribution in [0.15, 0.2) is 48.7 Å². The summed E-state index contributed by atoms with van der Waals surface area (Å²) in [6.45, 7) is 0. The SMILES string of the molecule is COc1ccc2[nH]cc(CC(=O)N(C)C3Cc4ccccc4C3)c2c1. The van der Waals surface area contributed by atoms with Gasteiger partial charge in [0.2, 0.25) is 5.91 Å². The van der Waals surface area contributed by atoms with Crippen molar-refractivity contribution >= 4 is 16.8 Å². The number of hydrogen-bond donors (Lipinski definition) is 1. The number of benzene rings is 2. The van der Waals surface area contributed by atoms with Gasteiger partial charge in [-0.05, 0) is 47.7 Å². The van der Waals surface area contributed by atoms with E-state index in [1.165, 1.54) is 11.1 Å². The number of carbonyl (C=O) groups excluding carboxylic acids is 1. The van der Waals surface area contributed by atoms with Crippen LogP contribution in [0.1, 0.15) is 16.7 Å². The number of aromatic nitrogens is 1. The second kappa shape index (κ2) is 6.28. The molecular weight excluding hydrogens is 312 g/mol. The smallest absolute Gasteiger partial charge is 0.227 e. The molecule has 2 aromatic carbocycles. The molecule has 4 rings (SSSR count). The average Bonchev–Trinajstić information content (AvgIpc) is 3.24. The number of amides is 1. The van der Waals surface area contributed by atoms with Crippen molar-refractivity contribution in [3.63, 3.8) is 0 Å². The van der Waals surface area contributed by atoms with E-state index in [0.29, 0.717) is 6.42 Å². The molecule has 0 saturated heterocycles. The Morgan fingerprint density at radius 2 is 1.92 bits per heavy atom. The zero-order valence-corrected chi connectivity index (χ0v) is 14.6. The van der Waals surface area contributed by atoms with Crippen molar-refractivity contribution in [2.75, 3.05) is 14.2 Å². The van der Waals surface area contributed by atoms with Gasteiger partial charge in [-0.25, -0.2) is 0 Å². The summed E-state index contributed by atoms with van der Waals surface area (Å²) < 4.78 is 5.31. The number of fused-ring (bicyclic) bond motifs is 2. The fourth-order valence-electron chi connectivity index (χ4n) is 3.73. The Balaban J connectivity index is 1.51. The number of H-pyrrole nitrogens is 1. The molecule has 1 heterocycles. The summed E-state index contributed by atoms with van der Waals surface area (Å²) in [4.78, 5) is 18.0. The Kier molecular flexibility index (Phi) is 3.96. The van der Waals surface area contributed by atoms with Crippen molar-refractivity contribution in [2.24, 2.45) is 0 Å². The molecule has 3 aromatic rings. The van der Waals surface area contributed by atoms with E-state index in [2.05, 4.69) is 29.2 Å². The van der Waals surface area contributed by atoms with Gasteiger partial charge < -0.3 is 14.6 Å². The summed E-state index contributed by atoms with van der Waals surface area (Å²) in [5.74, 6) is 0.960. The van der Waals surface area contributed by atoms with Crippen LogP contribution in [0.25, 0.3) is 10.9 Å². The molecule has 0 saturated carbocycles. The highest BCUT2D eigenvalue weighted by atomic mass is 16.5. The van der Waals surface area contributed by atoms with Gasteiger partial charge in [0.05, 0.1) is 13.5 Å². The van der Waals surface area contributed by atoms with Crippen LogP contribution in [0.4, 0.5) is 0 Å². The highest BCUT2D eigenvalue weighted by Crippen LogP contribution is 2.27. The van der Waals surface area contributed by atoms with Crippen LogP contribution in [-0.4, -0.2) is 36.0 Å². The number of likely N-dealkylation sites (N-methyl/N-ethyl adjacent to an activating group) is 1. The molecule has 0 unspecified atom stereocenters. The molecule has 4 nitrogen and oxygen atoms in total. The largest absolute Gasteiger partial charge is 0.497 e. The molecule has 128 valence electrons. The van der Waals surface area contributed by atoms with Gasteiger partial charge in [0, 0.05) is 30.2 Å². The van der Waals surface area contributed by atoms with E-state index in [4.69, 9.17) is 4.74 Å². The van der Waals surface area contributed by atoms with Crippen molar-refractivity contribution in [3.8, 4) is 5.75 Å². The third kappa shape index (κ3) is 2.88. The third-order valence-corrected chi connectivity index (χ3v) is 5.29. The Bertz CT molecular complexity index is 904. The minimum atomic E-state index is 0.154. The molecule has 0 bridgehead atoms. The highest BCUT2D eigenvalue weighted by molar-refractivity contribution is 5.89. The van der Waals surface area contributed by atoms with Gasteiger partial charge in [0.15, 0.2) is 0 Å². The molecule has 25 heavy (non-hydrogen) atoms. The van der Waals surface area contributed by atoms with E-state index >= 15 is 0 Å². The van der Waals surface area contributed by atoms with Crippen LogP contribution in [0.5, 0.6) is 5.75 Å². The van der Waals surface area contributed by atoms with Crippen molar-refractivity contribution in [3.05, 3.63) is 65.4 Å². The van der Waals surface area contributed by atoms with Gasteiger partial charge in [-0.15, -0.1) is 0 Å². The van der Waals surface area contributed by atoms with Crippen LogP contribution in [0.3, 0.4) is 0 Å². The van der Waals surface area contributed by atoms with Crippen molar-refractivity contribution in [1.29, 1.82) is 0 Å². The molecule has 0 fully saturated rings. The van der Waals surface area contributed by atoms with Crippen LogP contribution in [-0.2, 0) is 24.1 Å². The molecule has 0 aliphatic heterocycles. The summed E-state index contributed by atoms with van der Waals surface area (Å²) in [7, 11) is 3.58. The number of aromatic amines is 1. The first-order chi connectivity index (χ1) is 12.2. The molecule has 4 heteroatoms. The highest BCUT2D eigenvalue weighted by Gasteiger charge is 2.27. The fourth-order valence-corrected chi connectivity index (χ4v) is 3.73. The van der Waals surface area contributed by atoms with Gasteiger partial charge in [0.25, 0.3) is 0 Å². The van der Waals surface area contributed by atoms with E-state index in [9.17, 15) is 4.79 Å². The Morgan fingerprint density at radius 1 is 1.20 bits per heavy atom. The number of carbonyl (C=O) groups is 1. The standard InChI is InChI=1S/C21H22N2O2/c1-23(17-9-14-5-3-4-6-15(14)10-17)21(24)11-16-13-22-20-8-7-18(25-2)12-19(16)20/h3-8,12-13,17,22H,9-11H2,1-2H3. The summed E-state index contributed by atoms with van der Waals surface area (Å²) in [5, 5.41) is 1.05. The topological polar surface area (TPSA) is 45.3 Å². The lowest BCUT2D eigenvalue weighted by Gasteiger charge is -2.24. The Hall–Kier alpha value is -2.75. The Morgan fingerprint density at radius 3 is 2.60 bits per heavy atom. The maximum Gasteiger partial charge on any atom is 0.227 e. The molecule has 1 aliphatic carbocycles. The second-order valence-corrected chi connectivity index (χ2v) is 6.74. The van der Waals surface area contributed by atoms with Gasteiger partial charge >= 0.3 is 0 Å². The zero-order valence-electron chi connectivity index (χ0n) is 14.6. The van der Waals surface area contributed by atoms with Gasteiger partial charge in [-0.2, -0.15) is 0 Å². The molecule has 1 aliphatic rings. The molecular formula is C21H22N2O2. The zero-order chi connectivity index (χ0) is 17.4. The van der Waals surface area contributed by atoms with Gasteiger partial charge in [-0.1, -0.05) is 24.3 Å². The predicted octanol–water partition coefficient (Wildman–Crippen LogP) is 3.34. The van der Waals surface area contributed by atoms with Crippen molar-refractivity contribution < 1.29 is 9.53 Å². The maximum absolute atomic E-state index is 12.8. The lowest BCUT2D eigenvalue weighted by Crippen LogP contribution is -2.38. The molecule has 1 aromatic heterocycles. The first-order valence-corrected chi connectivity index (χ1v) is 8.62. The van der Waals surface area contributed by atoms with Crippen LogP contribution < -0.4 is 4.74 Å². The summed E-state index contributed by atoms with van der Waals surface area (Å²) in [5.41, 5.74) is 4.77. The number of nitrogens with zero attached hydrogens (tertiary/aromatic N) is 1. The van der Waals surface area contributed by atoms with E-state index in [1.807, 2.05) is 36.3 Å². The number of hydrogen-bond acceptors (Lipinski definition) is 2. The Labute approximate surface area is 147 Å². The number of rotatable bonds is 4. The van der Waals surface area contributed by atoms with Crippen LogP contribution in [0.2, 0.25) is 0 Å². The first-order valence-electron chi connectivity index (χ1n) is 8.62. The van der Waals surface area contributed by atoms with Crippen LogP contribution in [0, 0.1) is 0 Å². The van der Waals surface area contributed by atoms with Gasteiger partial charge in [0.1, 0.15) is 5.75 Å². The lowest BCUT2D eigenvalue weighted by molar-refractivity contribution is -0.131. The minimum absolute atomic E-state index is 0.154. The fraction of sp³-hybridized carbons (Fsp3) is 0.286. The summed E-state index contributed by atoms with van der Waals surface area (Å²) in [6, 6.07) is 14.6. The van der Waals surface area contributed by atoms with E-state index in [-0.39, 0.29) is 11.9 Å². The van der Waals surface area contributed by atoms with Gasteiger partial charge in [-0.3, -0.25) is 4.79 Å². The normalized spacial score (nSPS) is 13.8. The average molecular weight is 334 g/mol. The molecule has 1 amide bonds. The quantitative estimate of drug-likeness (QED) is 0.795. The van der Waals surface area contributed by atoms with E-state index in [0.717, 1.165) is 35.1 Å². The first kappa shape index (κ1) is 15.8.